The molecule has 0 aromatic heterocycles. The van der Waals surface area contributed by atoms with Crippen LogP contribution in [0.15, 0.2) is 18.2 Å². The van der Waals surface area contributed by atoms with Crippen LogP contribution in [0.3, 0.4) is 0 Å². The number of aryl methyl sites for hydroxylation is 1. The van der Waals surface area contributed by atoms with Crippen LogP contribution >= 0.6 is 0 Å². The number of Topliss-reactive ketones (excluding diaryl/α,β-unsaturated/α-hetero) is 1. The number of benzene rings is 1. The smallest absolute Gasteiger partial charge is 0.170 e. The summed E-state index contributed by atoms with van der Waals surface area (Å²) in [6, 6.07) is 5.94. The largest absolute Gasteiger partial charge is 0.486 e. The zero-order valence-corrected chi connectivity index (χ0v) is 11.2. The quantitative estimate of drug-likeness (QED) is 0.748. The van der Waals surface area contributed by atoms with Gasteiger partial charge in [0.15, 0.2) is 5.78 Å². The highest BCUT2D eigenvalue weighted by molar-refractivity contribution is 6.00. The molecule has 1 saturated carbocycles. The number of hydrogen-bond acceptors (Lipinski definition) is 2. The number of hydrogen-bond donors (Lipinski definition) is 0. The topological polar surface area (TPSA) is 26.3 Å². The van der Waals surface area contributed by atoms with E-state index in [9.17, 15) is 4.79 Å². The van der Waals surface area contributed by atoms with Crippen LogP contribution in [0.1, 0.15) is 54.9 Å². The Labute approximate surface area is 108 Å². The minimum Gasteiger partial charge on any atom is -0.486 e. The molecule has 0 amide bonds. The highest BCUT2D eigenvalue weighted by Crippen LogP contribution is 2.46. The van der Waals surface area contributed by atoms with Gasteiger partial charge in [0, 0.05) is 0 Å². The fraction of sp³-hybridized carbons (Fsp3) is 0.562. The molecule has 96 valence electrons. The van der Waals surface area contributed by atoms with E-state index in [1.54, 1.807) is 0 Å². The molecule has 0 saturated heterocycles. The van der Waals surface area contributed by atoms with E-state index in [1.165, 1.54) is 12.8 Å². The molecule has 2 unspecified atom stereocenters. The first kappa shape index (κ1) is 11.8. The maximum absolute atomic E-state index is 12.3. The summed E-state index contributed by atoms with van der Waals surface area (Å²) in [6.07, 6.45) is 5.04. The van der Waals surface area contributed by atoms with Gasteiger partial charge in [0.1, 0.15) is 11.4 Å². The van der Waals surface area contributed by atoms with Crippen molar-refractivity contribution in [1.82, 2.24) is 0 Å². The number of carbonyl (C=O) groups excluding carboxylic acids is 1. The average molecular weight is 244 g/mol. The van der Waals surface area contributed by atoms with Crippen molar-refractivity contribution in [2.24, 2.45) is 5.92 Å². The molecule has 0 N–H and O–H groups in total. The van der Waals surface area contributed by atoms with E-state index < -0.39 is 0 Å². The van der Waals surface area contributed by atoms with Gasteiger partial charge in [0.2, 0.25) is 0 Å². The Kier molecular flexibility index (Phi) is 2.69. The lowest BCUT2D eigenvalue weighted by atomic mass is 9.87. The van der Waals surface area contributed by atoms with Crippen LogP contribution in [0.25, 0.3) is 0 Å². The van der Waals surface area contributed by atoms with Crippen molar-refractivity contribution in [3.63, 3.8) is 0 Å². The predicted molar refractivity (Wildman–Crippen MR) is 71.1 cm³/mol. The number of ether oxygens (including phenoxy) is 1. The van der Waals surface area contributed by atoms with Gasteiger partial charge in [-0.2, -0.15) is 0 Å². The molecule has 1 aliphatic heterocycles. The minimum atomic E-state index is -0.194. The second-order valence-electron chi connectivity index (χ2n) is 5.90. The Morgan fingerprint density at radius 2 is 2.28 bits per heavy atom. The van der Waals surface area contributed by atoms with Crippen molar-refractivity contribution < 1.29 is 9.53 Å². The summed E-state index contributed by atoms with van der Waals surface area (Å²) in [7, 11) is 0. The zero-order valence-electron chi connectivity index (χ0n) is 11.2. The van der Waals surface area contributed by atoms with Crippen LogP contribution in [0.2, 0.25) is 0 Å². The molecule has 2 aliphatic rings. The molecule has 18 heavy (non-hydrogen) atoms. The van der Waals surface area contributed by atoms with E-state index in [4.69, 9.17) is 4.74 Å². The maximum atomic E-state index is 12.3. The highest BCUT2D eigenvalue weighted by atomic mass is 16.5. The van der Waals surface area contributed by atoms with Gasteiger partial charge in [-0.05, 0) is 44.2 Å². The lowest BCUT2D eigenvalue weighted by Crippen LogP contribution is -2.39. The number of carbonyl (C=O) groups is 1. The van der Waals surface area contributed by atoms with Crippen molar-refractivity contribution in [2.45, 2.75) is 51.6 Å². The number of fused-ring (bicyclic) bond motifs is 1. The third-order valence-electron chi connectivity index (χ3n) is 4.49. The molecule has 0 radical (unpaired) electrons. The Morgan fingerprint density at radius 1 is 1.44 bits per heavy atom. The lowest BCUT2D eigenvalue weighted by molar-refractivity contribution is 0.0422. The van der Waals surface area contributed by atoms with Crippen molar-refractivity contribution in [3.8, 4) is 5.75 Å². The van der Waals surface area contributed by atoms with Crippen LogP contribution in [0.5, 0.6) is 5.75 Å². The van der Waals surface area contributed by atoms with Gasteiger partial charge in [-0.25, -0.2) is 0 Å². The van der Waals surface area contributed by atoms with Crippen LogP contribution in [0, 0.1) is 12.8 Å². The van der Waals surface area contributed by atoms with Gasteiger partial charge in [-0.3, -0.25) is 4.79 Å². The fourth-order valence-corrected chi connectivity index (χ4v) is 3.41. The van der Waals surface area contributed by atoms with Crippen molar-refractivity contribution in [1.29, 1.82) is 0 Å². The first-order valence-electron chi connectivity index (χ1n) is 6.95. The van der Waals surface area contributed by atoms with Crippen molar-refractivity contribution in [2.75, 3.05) is 0 Å². The Hall–Kier alpha value is -1.31. The van der Waals surface area contributed by atoms with Crippen LogP contribution < -0.4 is 4.74 Å². The molecule has 2 atom stereocenters. The Bertz CT molecular complexity index is 492. The van der Waals surface area contributed by atoms with E-state index in [0.717, 1.165) is 35.6 Å². The molecule has 0 bridgehead atoms. The van der Waals surface area contributed by atoms with Gasteiger partial charge in [-0.1, -0.05) is 25.0 Å². The lowest BCUT2D eigenvalue weighted by Gasteiger charge is -2.35. The first-order chi connectivity index (χ1) is 8.62. The summed E-state index contributed by atoms with van der Waals surface area (Å²) >= 11 is 0. The molecule has 1 heterocycles. The molecular formula is C16H20O2. The van der Waals surface area contributed by atoms with E-state index in [1.807, 2.05) is 25.1 Å². The third-order valence-corrected chi connectivity index (χ3v) is 4.49. The molecular weight excluding hydrogens is 224 g/mol. The van der Waals surface area contributed by atoms with Gasteiger partial charge in [-0.15, -0.1) is 0 Å². The summed E-state index contributed by atoms with van der Waals surface area (Å²) < 4.78 is 6.22. The van der Waals surface area contributed by atoms with Crippen LogP contribution in [0.4, 0.5) is 0 Å². The van der Waals surface area contributed by atoms with Gasteiger partial charge in [0.05, 0.1) is 12.0 Å². The Balaban J connectivity index is 1.92. The second kappa shape index (κ2) is 4.11. The monoisotopic (exact) mass is 244 g/mol. The van der Waals surface area contributed by atoms with Crippen LogP contribution in [-0.4, -0.2) is 11.4 Å². The maximum Gasteiger partial charge on any atom is 0.170 e. The summed E-state index contributed by atoms with van der Waals surface area (Å²) in [6.45, 7) is 4.24. The minimum absolute atomic E-state index is 0.194. The average Bonchev–Trinajstić information content (AvgIpc) is 2.73. The normalized spacial score (nSPS) is 30.3. The molecule has 1 aromatic carbocycles. The second-order valence-corrected chi connectivity index (χ2v) is 5.90. The van der Waals surface area contributed by atoms with E-state index in [-0.39, 0.29) is 11.4 Å². The summed E-state index contributed by atoms with van der Waals surface area (Å²) in [5.41, 5.74) is 1.71. The summed E-state index contributed by atoms with van der Waals surface area (Å²) in [4.78, 5) is 12.3. The summed E-state index contributed by atoms with van der Waals surface area (Å²) in [5, 5.41) is 0. The Morgan fingerprint density at radius 3 is 3.00 bits per heavy atom. The van der Waals surface area contributed by atoms with E-state index >= 15 is 0 Å². The molecule has 1 spiro atoms. The number of ketones is 1. The molecule has 1 aromatic rings. The number of rotatable bonds is 1. The molecule has 2 heteroatoms. The SMILES string of the molecule is CCC1CCC2(CC(=O)c3cc(C)ccc3O2)C1. The molecule has 3 rings (SSSR count). The van der Waals surface area contributed by atoms with Crippen molar-refractivity contribution >= 4 is 5.78 Å². The molecule has 1 aliphatic carbocycles. The fourth-order valence-electron chi connectivity index (χ4n) is 3.41. The van der Waals surface area contributed by atoms with E-state index in [0.29, 0.717) is 6.42 Å². The first-order valence-corrected chi connectivity index (χ1v) is 6.95. The standard InChI is InChI=1S/C16H20O2/c1-3-12-6-7-16(9-12)10-14(17)13-8-11(2)4-5-15(13)18-16/h4-5,8,12H,3,6-7,9-10H2,1-2H3. The van der Waals surface area contributed by atoms with Crippen LogP contribution in [-0.2, 0) is 0 Å². The van der Waals surface area contributed by atoms with Crippen molar-refractivity contribution in [3.05, 3.63) is 29.3 Å². The zero-order chi connectivity index (χ0) is 12.8. The van der Waals surface area contributed by atoms with Gasteiger partial charge >= 0.3 is 0 Å². The third kappa shape index (κ3) is 1.84. The van der Waals surface area contributed by atoms with Gasteiger partial charge in [0.25, 0.3) is 0 Å². The van der Waals surface area contributed by atoms with E-state index in [2.05, 4.69) is 6.92 Å². The predicted octanol–water partition coefficient (Wildman–Crippen LogP) is 3.91. The van der Waals surface area contributed by atoms with Gasteiger partial charge < -0.3 is 4.74 Å². The summed E-state index contributed by atoms with van der Waals surface area (Å²) in [5.74, 6) is 1.79. The molecule has 1 fully saturated rings. The highest BCUT2D eigenvalue weighted by Gasteiger charge is 2.45. The molecule has 2 nitrogen and oxygen atoms in total.